The van der Waals surface area contributed by atoms with Crippen LogP contribution in [0.2, 0.25) is 0 Å². The Labute approximate surface area is 72.3 Å². The molecule has 1 heterocycles. The zero-order valence-corrected chi connectivity index (χ0v) is 7.69. The van der Waals surface area contributed by atoms with Gasteiger partial charge in [0.15, 0.2) is 0 Å². The summed E-state index contributed by atoms with van der Waals surface area (Å²) in [5, 5.41) is 0. The molecule has 0 unspecified atom stereocenters. The summed E-state index contributed by atoms with van der Waals surface area (Å²) in [7, 11) is 0. The Bertz CT molecular complexity index is 258. The first kappa shape index (κ1) is 6.89. The molecule has 3 heteroatoms. The third-order valence-corrected chi connectivity index (χ3v) is 2.88. The first-order valence-electron chi connectivity index (χ1n) is 3.44. The number of hydrogen-bond acceptors (Lipinski definition) is 2. The summed E-state index contributed by atoms with van der Waals surface area (Å²) in [6, 6.07) is 10.3. The predicted molar refractivity (Wildman–Crippen MR) is 48.0 cm³/mol. The average molecular weight is 211 g/mol. The van der Waals surface area contributed by atoms with Gasteiger partial charge in [0.25, 0.3) is 0 Å². The van der Waals surface area contributed by atoms with Gasteiger partial charge in [0.1, 0.15) is 0 Å². The Kier molecular flexibility index (Phi) is 1.93. The molecule has 0 amide bonds. The molecule has 1 aliphatic heterocycles. The van der Waals surface area contributed by atoms with Crippen LogP contribution in [-0.2, 0) is 0 Å². The fraction of sp³-hybridized carbons (Fsp3) is 0.125. The molecule has 0 radical (unpaired) electrons. The molecule has 1 aromatic rings. The monoisotopic (exact) mass is 212 g/mol. The van der Waals surface area contributed by atoms with Crippen molar-refractivity contribution in [1.29, 1.82) is 0 Å². The Balaban J connectivity index is 2.23. The SMILES string of the molecule is C1=N[Se]CN1c1ccccc1. The fourth-order valence-electron chi connectivity index (χ4n) is 0.980. The van der Waals surface area contributed by atoms with E-state index in [9.17, 15) is 0 Å². The molecule has 0 saturated carbocycles. The summed E-state index contributed by atoms with van der Waals surface area (Å²) in [6.45, 7) is 0. The maximum atomic E-state index is 4.20. The summed E-state index contributed by atoms with van der Waals surface area (Å²) in [5.41, 5.74) is 2.33. The van der Waals surface area contributed by atoms with Crippen molar-refractivity contribution in [3.63, 3.8) is 0 Å². The van der Waals surface area contributed by atoms with Gasteiger partial charge in [-0.15, -0.1) is 0 Å². The number of nitrogens with zero attached hydrogens (tertiary/aromatic N) is 2. The minimum absolute atomic E-state index is 0.440. The normalized spacial score (nSPS) is 15.8. The molecule has 0 bridgehead atoms. The number of para-hydroxylation sites is 1. The summed E-state index contributed by atoms with van der Waals surface area (Å²) < 4.78 is 4.20. The number of benzene rings is 1. The molecular formula is C8H8N2Se. The summed E-state index contributed by atoms with van der Waals surface area (Å²) in [4.78, 5) is 2.18. The van der Waals surface area contributed by atoms with Crippen molar-refractivity contribution in [2.24, 2.45) is 4.01 Å². The molecule has 11 heavy (non-hydrogen) atoms. The van der Waals surface area contributed by atoms with Gasteiger partial charge in [-0.2, -0.15) is 0 Å². The van der Waals surface area contributed by atoms with E-state index in [-0.39, 0.29) is 0 Å². The molecule has 0 atom stereocenters. The molecule has 2 nitrogen and oxygen atoms in total. The van der Waals surface area contributed by atoms with Crippen LogP contribution >= 0.6 is 0 Å². The molecule has 0 saturated heterocycles. The first-order chi connectivity index (χ1) is 5.47. The Morgan fingerprint density at radius 1 is 1.27 bits per heavy atom. The van der Waals surface area contributed by atoms with Gasteiger partial charge >= 0.3 is 71.9 Å². The van der Waals surface area contributed by atoms with Gasteiger partial charge in [0, 0.05) is 0 Å². The van der Waals surface area contributed by atoms with E-state index < -0.39 is 0 Å². The van der Waals surface area contributed by atoms with Crippen LogP contribution in [0.25, 0.3) is 0 Å². The van der Waals surface area contributed by atoms with Crippen LogP contribution in [0.5, 0.6) is 0 Å². The summed E-state index contributed by atoms with van der Waals surface area (Å²) in [5.74, 6) is 0. The van der Waals surface area contributed by atoms with Gasteiger partial charge in [0.2, 0.25) is 0 Å². The van der Waals surface area contributed by atoms with Gasteiger partial charge in [-0.25, -0.2) is 0 Å². The fourth-order valence-corrected chi connectivity index (χ4v) is 2.21. The topological polar surface area (TPSA) is 15.6 Å². The zero-order valence-electron chi connectivity index (χ0n) is 5.97. The maximum absolute atomic E-state index is 4.20. The van der Waals surface area contributed by atoms with Crippen LogP contribution in [0, 0.1) is 0 Å². The standard InChI is InChI=1S/C8H8N2Se/c1-2-4-8(5-3-1)10-6-9-11-7-10/h1-6H,7H2. The van der Waals surface area contributed by atoms with Crippen LogP contribution in [0.3, 0.4) is 0 Å². The van der Waals surface area contributed by atoms with Crippen LogP contribution in [0.1, 0.15) is 0 Å². The predicted octanol–water partition coefficient (Wildman–Crippen LogP) is 1.11. The van der Waals surface area contributed by atoms with Gasteiger partial charge in [0.05, 0.1) is 0 Å². The second-order valence-electron chi connectivity index (χ2n) is 2.28. The van der Waals surface area contributed by atoms with Crippen LogP contribution in [-0.4, -0.2) is 27.0 Å². The van der Waals surface area contributed by atoms with Gasteiger partial charge in [-0.05, 0) is 0 Å². The Hall–Kier alpha value is -0.791. The van der Waals surface area contributed by atoms with E-state index in [0.717, 1.165) is 5.44 Å². The third kappa shape index (κ3) is 1.44. The molecular weight excluding hydrogens is 203 g/mol. The molecule has 2 rings (SSSR count). The van der Waals surface area contributed by atoms with E-state index in [2.05, 4.69) is 33.2 Å². The van der Waals surface area contributed by atoms with Crippen LogP contribution in [0.4, 0.5) is 5.69 Å². The second kappa shape index (κ2) is 3.07. The van der Waals surface area contributed by atoms with Crippen molar-refractivity contribution in [1.82, 2.24) is 0 Å². The number of rotatable bonds is 1. The van der Waals surface area contributed by atoms with E-state index in [1.807, 2.05) is 12.4 Å². The van der Waals surface area contributed by atoms with Crippen molar-refractivity contribution >= 4 is 27.2 Å². The molecule has 1 aromatic carbocycles. The van der Waals surface area contributed by atoms with E-state index in [0.29, 0.717) is 15.2 Å². The molecule has 56 valence electrons. The van der Waals surface area contributed by atoms with Crippen LogP contribution in [0.15, 0.2) is 34.3 Å². The summed E-state index contributed by atoms with van der Waals surface area (Å²) in [6.07, 6.45) is 1.93. The van der Waals surface area contributed by atoms with E-state index in [1.54, 1.807) is 0 Å². The van der Waals surface area contributed by atoms with Crippen LogP contribution < -0.4 is 4.90 Å². The quantitative estimate of drug-likeness (QED) is 0.635. The molecule has 0 spiro atoms. The second-order valence-corrected chi connectivity index (χ2v) is 3.81. The zero-order chi connectivity index (χ0) is 7.52. The Morgan fingerprint density at radius 2 is 2.09 bits per heavy atom. The van der Waals surface area contributed by atoms with Crippen molar-refractivity contribution in [2.45, 2.75) is 0 Å². The van der Waals surface area contributed by atoms with Crippen molar-refractivity contribution < 1.29 is 0 Å². The van der Waals surface area contributed by atoms with Crippen molar-refractivity contribution in [3.8, 4) is 0 Å². The molecule has 0 N–H and O–H groups in total. The number of anilines is 1. The number of hydrogen-bond donors (Lipinski definition) is 0. The Morgan fingerprint density at radius 3 is 2.73 bits per heavy atom. The van der Waals surface area contributed by atoms with Gasteiger partial charge in [-0.1, -0.05) is 0 Å². The minimum atomic E-state index is 0.440. The third-order valence-electron chi connectivity index (χ3n) is 1.55. The van der Waals surface area contributed by atoms with Crippen molar-refractivity contribution in [2.75, 3.05) is 10.3 Å². The molecule has 0 fully saturated rings. The molecule has 0 aromatic heterocycles. The molecule has 0 aliphatic carbocycles. The first-order valence-corrected chi connectivity index (χ1v) is 5.42. The van der Waals surface area contributed by atoms with E-state index in [1.165, 1.54) is 5.69 Å². The van der Waals surface area contributed by atoms with E-state index in [4.69, 9.17) is 0 Å². The average Bonchev–Trinajstić information content (AvgIpc) is 2.58. The van der Waals surface area contributed by atoms with Crippen molar-refractivity contribution in [3.05, 3.63) is 30.3 Å². The molecule has 1 aliphatic rings. The van der Waals surface area contributed by atoms with Gasteiger partial charge < -0.3 is 0 Å². The van der Waals surface area contributed by atoms with Gasteiger partial charge in [-0.3, -0.25) is 0 Å². The summed E-state index contributed by atoms with van der Waals surface area (Å²) >= 11 is 0.440. The van der Waals surface area contributed by atoms with E-state index >= 15 is 0 Å².